The first-order valence-electron chi connectivity index (χ1n) is 3.98. The Bertz CT molecular complexity index is 168. The molecule has 0 aromatic carbocycles. The molecule has 1 atom stereocenters. The molecule has 1 unspecified atom stereocenters. The fourth-order valence-electron chi connectivity index (χ4n) is 1.15. The van der Waals surface area contributed by atoms with Crippen molar-refractivity contribution in [1.29, 1.82) is 0 Å². The van der Waals surface area contributed by atoms with Gasteiger partial charge in [0.15, 0.2) is 0 Å². The molecule has 0 fully saturated rings. The number of amides is 1. The molecular formula is C8H15NO3. The molecular weight excluding hydrogens is 158 g/mol. The van der Waals surface area contributed by atoms with Crippen LogP contribution < -0.4 is 0 Å². The van der Waals surface area contributed by atoms with Gasteiger partial charge in [-0.3, -0.25) is 4.79 Å². The molecule has 0 aliphatic heterocycles. The van der Waals surface area contributed by atoms with E-state index in [1.807, 2.05) is 0 Å². The zero-order valence-corrected chi connectivity index (χ0v) is 7.65. The zero-order chi connectivity index (χ0) is 9.72. The number of nitrogens with zero attached hydrogens (tertiary/aromatic N) is 1. The molecule has 0 spiro atoms. The van der Waals surface area contributed by atoms with E-state index in [1.54, 1.807) is 20.8 Å². The molecule has 0 bridgehead atoms. The molecule has 0 aliphatic carbocycles. The van der Waals surface area contributed by atoms with Gasteiger partial charge >= 0.3 is 5.97 Å². The van der Waals surface area contributed by atoms with E-state index < -0.39 is 12.0 Å². The first-order chi connectivity index (χ1) is 5.54. The van der Waals surface area contributed by atoms with Gasteiger partial charge in [0.2, 0.25) is 6.41 Å². The van der Waals surface area contributed by atoms with E-state index in [4.69, 9.17) is 5.11 Å². The van der Waals surface area contributed by atoms with Gasteiger partial charge in [-0.15, -0.1) is 0 Å². The predicted octanol–water partition coefficient (Wildman–Crippen LogP) is 0.574. The minimum Gasteiger partial charge on any atom is -0.480 e. The summed E-state index contributed by atoms with van der Waals surface area (Å²) in [5.74, 6) is -1.01. The Labute approximate surface area is 72.2 Å². The molecule has 0 rings (SSSR count). The maximum absolute atomic E-state index is 10.7. The second-order valence-corrected chi connectivity index (χ2v) is 2.96. The second-order valence-electron chi connectivity index (χ2n) is 2.96. The molecule has 0 radical (unpaired) electrons. The monoisotopic (exact) mass is 173 g/mol. The van der Waals surface area contributed by atoms with Crippen LogP contribution in [0.25, 0.3) is 0 Å². The molecule has 4 nitrogen and oxygen atoms in total. The Balaban J connectivity index is 4.47. The Morgan fingerprint density at radius 3 is 2.17 bits per heavy atom. The van der Waals surface area contributed by atoms with Crippen LogP contribution in [0.5, 0.6) is 0 Å². The van der Waals surface area contributed by atoms with Gasteiger partial charge in [-0.05, 0) is 12.8 Å². The summed E-state index contributed by atoms with van der Waals surface area (Å²) in [7, 11) is 0. The summed E-state index contributed by atoms with van der Waals surface area (Å²) in [4.78, 5) is 22.4. The largest absolute Gasteiger partial charge is 0.480 e. The van der Waals surface area contributed by atoms with Crippen molar-refractivity contribution in [1.82, 2.24) is 4.90 Å². The predicted molar refractivity (Wildman–Crippen MR) is 44.7 cm³/mol. The molecule has 0 aromatic rings. The second kappa shape index (κ2) is 4.74. The SMILES string of the molecule is CCN(C=O)C(C(=O)O)C(C)C. The summed E-state index contributed by atoms with van der Waals surface area (Å²) in [6, 6.07) is -0.701. The summed E-state index contributed by atoms with van der Waals surface area (Å²) >= 11 is 0. The fourth-order valence-corrected chi connectivity index (χ4v) is 1.15. The molecule has 0 aliphatic rings. The van der Waals surface area contributed by atoms with Crippen molar-refractivity contribution in [2.45, 2.75) is 26.8 Å². The van der Waals surface area contributed by atoms with Gasteiger partial charge in [0.05, 0.1) is 0 Å². The molecule has 0 aromatic heterocycles. The molecule has 12 heavy (non-hydrogen) atoms. The van der Waals surface area contributed by atoms with E-state index in [0.29, 0.717) is 13.0 Å². The third-order valence-electron chi connectivity index (χ3n) is 1.74. The lowest BCUT2D eigenvalue weighted by Gasteiger charge is -2.26. The maximum atomic E-state index is 10.7. The molecule has 0 heterocycles. The lowest BCUT2D eigenvalue weighted by Crippen LogP contribution is -2.43. The highest BCUT2D eigenvalue weighted by molar-refractivity contribution is 5.76. The third kappa shape index (κ3) is 2.53. The highest BCUT2D eigenvalue weighted by atomic mass is 16.4. The number of carbonyl (C=O) groups excluding carboxylic acids is 1. The van der Waals surface area contributed by atoms with Gasteiger partial charge in [0.25, 0.3) is 0 Å². The average Bonchev–Trinajstić information content (AvgIpc) is 1.98. The molecule has 4 heteroatoms. The van der Waals surface area contributed by atoms with E-state index >= 15 is 0 Å². The molecule has 0 saturated heterocycles. The lowest BCUT2D eigenvalue weighted by molar-refractivity contribution is -0.148. The average molecular weight is 173 g/mol. The summed E-state index contributed by atoms with van der Waals surface area (Å²) in [5.41, 5.74) is 0. The van der Waals surface area contributed by atoms with Gasteiger partial charge < -0.3 is 10.0 Å². The minimum atomic E-state index is -0.945. The molecule has 70 valence electrons. The van der Waals surface area contributed by atoms with Gasteiger partial charge in [0, 0.05) is 6.54 Å². The Hall–Kier alpha value is -1.06. The Morgan fingerprint density at radius 2 is 2.08 bits per heavy atom. The van der Waals surface area contributed by atoms with Crippen molar-refractivity contribution < 1.29 is 14.7 Å². The highest BCUT2D eigenvalue weighted by Gasteiger charge is 2.26. The number of hydrogen-bond donors (Lipinski definition) is 1. The van der Waals surface area contributed by atoms with Crippen molar-refractivity contribution in [2.75, 3.05) is 6.54 Å². The van der Waals surface area contributed by atoms with Crippen LogP contribution in [0, 0.1) is 5.92 Å². The van der Waals surface area contributed by atoms with E-state index in [9.17, 15) is 9.59 Å². The van der Waals surface area contributed by atoms with Crippen LogP contribution >= 0.6 is 0 Å². The number of rotatable bonds is 5. The molecule has 1 N–H and O–H groups in total. The first kappa shape index (κ1) is 10.9. The highest BCUT2D eigenvalue weighted by Crippen LogP contribution is 2.08. The number of likely N-dealkylation sites (N-methyl/N-ethyl adjacent to an activating group) is 1. The van der Waals surface area contributed by atoms with Crippen LogP contribution in [0.1, 0.15) is 20.8 Å². The normalized spacial score (nSPS) is 12.7. The summed E-state index contributed by atoms with van der Waals surface area (Å²) in [6.07, 6.45) is 0.582. The smallest absolute Gasteiger partial charge is 0.326 e. The number of carboxylic acid groups (broad SMARTS) is 1. The summed E-state index contributed by atoms with van der Waals surface area (Å²) in [5, 5.41) is 8.78. The molecule has 1 amide bonds. The van der Waals surface area contributed by atoms with E-state index in [0.717, 1.165) is 0 Å². The van der Waals surface area contributed by atoms with Crippen molar-refractivity contribution in [2.24, 2.45) is 5.92 Å². The zero-order valence-electron chi connectivity index (χ0n) is 7.65. The van der Waals surface area contributed by atoms with Crippen LogP contribution in [0.4, 0.5) is 0 Å². The minimum absolute atomic E-state index is 0.0624. The van der Waals surface area contributed by atoms with Crippen LogP contribution in [0.15, 0.2) is 0 Å². The van der Waals surface area contributed by atoms with E-state index in [-0.39, 0.29) is 5.92 Å². The fraction of sp³-hybridized carbons (Fsp3) is 0.750. The number of carbonyl (C=O) groups is 2. The number of aliphatic carboxylic acids is 1. The number of hydrogen-bond acceptors (Lipinski definition) is 2. The topological polar surface area (TPSA) is 57.6 Å². The van der Waals surface area contributed by atoms with Gasteiger partial charge in [-0.25, -0.2) is 4.79 Å². The number of carboxylic acids is 1. The van der Waals surface area contributed by atoms with E-state index in [2.05, 4.69) is 0 Å². The van der Waals surface area contributed by atoms with E-state index in [1.165, 1.54) is 4.90 Å². The van der Waals surface area contributed by atoms with Crippen LogP contribution in [0.2, 0.25) is 0 Å². The van der Waals surface area contributed by atoms with Crippen molar-refractivity contribution >= 4 is 12.4 Å². The van der Waals surface area contributed by atoms with Crippen LogP contribution in [0.3, 0.4) is 0 Å². The first-order valence-corrected chi connectivity index (χ1v) is 3.98. The summed E-state index contributed by atoms with van der Waals surface area (Å²) < 4.78 is 0. The van der Waals surface area contributed by atoms with Crippen molar-refractivity contribution in [3.63, 3.8) is 0 Å². The van der Waals surface area contributed by atoms with Gasteiger partial charge in [-0.2, -0.15) is 0 Å². The van der Waals surface area contributed by atoms with Crippen LogP contribution in [-0.2, 0) is 9.59 Å². The quantitative estimate of drug-likeness (QED) is 0.618. The van der Waals surface area contributed by atoms with Crippen molar-refractivity contribution in [3.05, 3.63) is 0 Å². The Kier molecular flexibility index (Phi) is 4.33. The van der Waals surface area contributed by atoms with Gasteiger partial charge in [-0.1, -0.05) is 13.8 Å². The lowest BCUT2D eigenvalue weighted by atomic mass is 10.0. The third-order valence-corrected chi connectivity index (χ3v) is 1.74. The standard InChI is InChI=1S/C8H15NO3/c1-4-9(5-10)7(6(2)3)8(11)12/h5-7H,4H2,1-3H3,(H,11,12). The maximum Gasteiger partial charge on any atom is 0.326 e. The Morgan fingerprint density at radius 1 is 1.58 bits per heavy atom. The van der Waals surface area contributed by atoms with Crippen molar-refractivity contribution in [3.8, 4) is 0 Å². The molecule has 0 saturated carbocycles. The van der Waals surface area contributed by atoms with Crippen LogP contribution in [-0.4, -0.2) is 35.0 Å². The van der Waals surface area contributed by atoms with Gasteiger partial charge in [0.1, 0.15) is 6.04 Å². The summed E-state index contributed by atoms with van der Waals surface area (Å²) in [6.45, 7) is 5.75.